The van der Waals surface area contributed by atoms with E-state index in [0.29, 0.717) is 41.8 Å². The third-order valence-corrected chi connectivity index (χ3v) is 6.34. The number of hydrogen-bond donors (Lipinski definition) is 1. The van der Waals surface area contributed by atoms with Crippen molar-refractivity contribution in [3.05, 3.63) is 48.4 Å². The Balaban J connectivity index is 1.39. The van der Waals surface area contributed by atoms with Crippen molar-refractivity contribution < 1.29 is 33.0 Å². The first kappa shape index (κ1) is 20.4. The van der Waals surface area contributed by atoms with E-state index in [1.54, 1.807) is 29.4 Å². The Hall–Kier alpha value is -3.46. The maximum atomic E-state index is 13.3. The number of carbonyl (C=O) groups excluding carboxylic acids is 2. The van der Waals surface area contributed by atoms with E-state index in [0.717, 1.165) is 0 Å². The molecule has 1 aromatic heterocycles. The first-order chi connectivity index (χ1) is 15.5. The van der Waals surface area contributed by atoms with Crippen LogP contribution in [0.3, 0.4) is 0 Å². The van der Waals surface area contributed by atoms with Crippen LogP contribution in [0.15, 0.2) is 47.1 Å². The van der Waals surface area contributed by atoms with Crippen molar-refractivity contribution in [3.8, 4) is 17.2 Å². The minimum absolute atomic E-state index is 0.113. The van der Waals surface area contributed by atoms with Gasteiger partial charge >= 0.3 is 0 Å². The van der Waals surface area contributed by atoms with Gasteiger partial charge in [0.05, 0.1) is 58.6 Å². The number of nitrogens with zero attached hydrogens (tertiary/aromatic N) is 1. The van der Waals surface area contributed by atoms with Crippen LogP contribution in [0.1, 0.15) is 5.76 Å². The van der Waals surface area contributed by atoms with Crippen molar-refractivity contribution in [2.75, 3.05) is 33.2 Å². The Morgan fingerprint density at radius 1 is 1.22 bits per heavy atom. The third-order valence-electron chi connectivity index (χ3n) is 6.34. The van der Waals surface area contributed by atoms with Crippen molar-refractivity contribution in [1.82, 2.24) is 4.90 Å². The third kappa shape index (κ3) is 3.03. The maximum absolute atomic E-state index is 13.3. The molecule has 9 nitrogen and oxygen atoms in total. The molecule has 3 aliphatic rings. The summed E-state index contributed by atoms with van der Waals surface area (Å²) in [7, 11) is 4.52. The molecule has 2 aromatic rings. The van der Waals surface area contributed by atoms with Crippen LogP contribution in [-0.4, -0.2) is 56.3 Å². The van der Waals surface area contributed by atoms with Crippen LogP contribution < -0.4 is 19.5 Å². The molecule has 4 atom stereocenters. The Bertz CT molecular complexity index is 1060. The molecular weight excluding hydrogens is 416 g/mol. The Labute approximate surface area is 184 Å². The van der Waals surface area contributed by atoms with Gasteiger partial charge in [0.2, 0.25) is 17.6 Å². The number of amides is 2. The fraction of sp³-hybridized carbons (Fsp3) is 0.391. The number of likely N-dealkylation sites (tertiary alicyclic amines) is 1. The molecule has 1 aromatic carbocycles. The molecule has 3 unspecified atom stereocenters. The van der Waals surface area contributed by atoms with Crippen LogP contribution in [0, 0.1) is 11.8 Å². The number of methoxy groups -OCH3 is 3. The number of furan rings is 1. The number of fused-ring (bicyclic) bond motifs is 1. The van der Waals surface area contributed by atoms with Gasteiger partial charge in [0, 0.05) is 17.8 Å². The molecule has 1 N–H and O–H groups in total. The lowest BCUT2D eigenvalue weighted by atomic mass is 9.77. The number of ether oxygens (including phenoxy) is 4. The van der Waals surface area contributed by atoms with Crippen LogP contribution in [0.25, 0.3) is 0 Å². The van der Waals surface area contributed by atoms with Gasteiger partial charge in [0.15, 0.2) is 11.5 Å². The van der Waals surface area contributed by atoms with Gasteiger partial charge in [0.25, 0.3) is 0 Å². The standard InChI is InChI=1S/C23H24N2O7/c1-28-16-9-13(10-17(29-2)20(16)30-3)24-21(26)18-15-6-7-23(32-15)12-25(22(27)19(18)23)11-14-5-4-8-31-14/h4-10,15,18-19H,11-12H2,1-3H3,(H,24,26)/t15?,18?,19?,23-/m1/s1. The topological polar surface area (TPSA) is 99.5 Å². The molecular formula is C23H24N2O7. The minimum atomic E-state index is -0.786. The molecule has 32 heavy (non-hydrogen) atoms. The van der Waals surface area contributed by atoms with Crippen molar-refractivity contribution in [2.45, 2.75) is 18.2 Å². The molecule has 0 radical (unpaired) electrons. The van der Waals surface area contributed by atoms with Gasteiger partial charge in [-0.25, -0.2) is 0 Å². The molecule has 9 heteroatoms. The molecule has 0 aliphatic carbocycles. The smallest absolute Gasteiger partial charge is 0.231 e. The first-order valence-electron chi connectivity index (χ1n) is 10.3. The van der Waals surface area contributed by atoms with Crippen LogP contribution in [0.5, 0.6) is 17.2 Å². The van der Waals surface area contributed by atoms with Gasteiger partial charge in [-0.3, -0.25) is 9.59 Å². The molecule has 2 fully saturated rings. The lowest BCUT2D eigenvalue weighted by molar-refractivity contribution is -0.136. The van der Waals surface area contributed by atoms with E-state index in [4.69, 9.17) is 23.4 Å². The minimum Gasteiger partial charge on any atom is -0.493 e. The van der Waals surface area contributed by atoms with E-state index in [9.17, 15) is 9.59 Å². The van der Waals surface area contributed by atoms with E-state index in [1.807, 2.05) is 18.2 Å². The summed E-state index contributed by atoms with van der Waals surface area (Å²) in [5, 5.41) is 2.90. The highest BCUT2D eigenvalue weighted by atomic mass is 16.5. The van der Waals surface area contributed by atoms with Crippen molar-refractivity contribution in [3.63, 3.8) is 0 Å². The molecule has 3 aliphatic heterocycles. The Morgan fingerprint density at radius 2 is 1.97 bits per heavy atom. The molecule has 2 amide bonds. The van der Waals surface area contributed by atoms with E-state index in [-0.39, 0.29) is 11.8 Å². The monoisotopic (exact) mass is 440 g/mol. The van der Waals surface area contributed by atoms with Gasteiger partial charge in [-0.15, -0.1) is 0 Å². The molecule has 2 bridgehead atoms. The van der Waals surface area contributed by atoms with Gasteiger partial charge in [-0.2, -0.15) is 0 Å². The largest absolute Gasteiger partial charge is 0.493 e. The highest BCUT2D eigenvalue weighted by Crippen LogP contribution is 2.52. The van der Waals surface area contributed by atoms with Gasteiger partial charge in [-0.1, -0.05) is 12.2 Å². The number of rotatable bonds is 7. The predicted molar refractivity (Wildman–Crippen MR) is 113 cm³/mol. The lowest BCUT2D eigenvalue weighted by Crippen LogP contribution is -2.41. The van der Waals surface area contributed by atoms with Gasteiger partial charge < -0.3 is 33.6 Å². The summed E-state index contributed by atoms with van der Waals surface area (Å²) in [6.45, 7) is 0.728. The number of nitrogens with one attached hydrogen (secondary N) is 1. The maximum Gasteiger partial charge on any atom is 0.231 e. The van der Waals surface area contributed by atoms with Crippen LogP contribution in [0.2, 0.25) is 0 Å². The fourth-order valence-corrected chi connectivity index (χ4v) is 4.98. The van der Waals surface area contributed by atoms with Crippen LogP contribution >= 0.6 is 0 Å². The van der Waals surface area contributed by atoms with Gasteiger partial charge in [-0.05, 0) is 12.1 Å². The normalized spacial score (nSPS) is 27.5. The van der Waals surface area contributed by atoms with E-state index in [1.165, 1.54) is 21.3 Å². The fourth-order valence-electron chi connectivity index (χ4n) is 4.98. The molecule has 1 spiro atoms. The number of benzene rings is 1. The Morgan fingerprint density at radius 3 is 2.59 bits per heavy atom. The lowest BCUT2D eigenvalue weighted by Gasteiger charge is -2.23. The second-order valence-corrected chi connectivity index (χ2v) is 8.08. The van der Waals surface area contributed by atoms with Crippen molar-refractivity contribution in [1.29, 1.82) is 0 Å². The quantitative estimate of drug-likeness (QED) is 0.659. The first-order valence-corrected chi connectivity index (χ1v) is 10.3. The second-order valence-electron chi connectivity index (χ2n) is 8.08. The van der Waals surface area contributed by atoms with E-state index < -0.39 is 23.5 Å². The van der Waals surface area contributed by atoms with E-state index >= 15 is 0 Å². The van der Waals surface area contributed by atoms with Crippen molar-refractivity contribution >= 4 is 17.5 Å². The summed E-state index contributed by atoms with van der Waals surface area (Å²) in [4.78, 5) is 28.3. The van der Waals surface area contributed by atoms with Gasteiger partial charge in [0.1, 0.15) is 11.4 Å². The summed E-state index contributed by atoms with van der Waals surface area (Å²) in [5.41, 5.74) is -0.311. The van der Waals surface area contributed by atoms with Crippen LogP contribution in [0.4, 0.5) is 5.69 Å². The zero-order chi connectivity index (χ0) is 22.5. The summed E-state index contributed by atoms with van der Waals surface area (Å²) in [6, 6.07) is 6.91. The summed E-state index contributed by atoms with van der Waals surface area (Å²) < 4.78 is 27.6. The molecule has 2 saturated heterocycles. The highest BCUT2D eigenvalue weighted by molar-refractivity contribution is 5.99. The number of carbonyl (C=O) groups is 2. The zero-order valence-corrected chi connectivity index (χ0v) is 18.0. The average molecular weight is 440 g/mol. The Kier molecular flexibility index (Phi) is 4.85. The van der Waals surface area contributed by atoms with Crippen LogP contribution in [-0.2, 0) is 20.9 Å². The zero-order valence-electron chi connectivity index (χ0n) is 18.0. The predicted octanol–water partition coefficient (Wildman–Crippen LogP) is 2.23. The number of hydrogen-bond acceptors (Lipinski definition) is 7. The SMILES string of the molecule is COc1cc(NC(=O)C2C3C=C[C@]4(CN(Cc5ccco5)C(=O)C24)O3)cc(OC)c1OC. The summed E-state index contributed by atoms with van der Waals surface area (Å²) in [5.74, 6) is 0.313. The average Bonchev–Trinajstić information content (AvgIpc) is 3.56. The van der Waals surface area contributed by atoms with Crippen molar-refractivity contribution in [2.24, 2.45) is 11.8 Å². The molecule has 5 rings (SSSR count). The molecule has 0 saturated carbocycles. The highest BCUT2D eigenvalue weighted by Gasteiger charge is 2.66. The number of anilines is 1. The molecule has 4 heterocycles. The summed E-state index contributed by atoms with van der Waals surface area (Å²) >= 11 is 0. The second kappa shape index (κ2) is 7.59. The molecule has 168 valence electrons. The van der Waals surface area contributed by atoms with E-state index in [2.05, 4.69) is 5.32 Å². The summed E-state index contributed by atoms with van der Waals surface area (Å²) in [6.07, 6.45) is 4.92.